The number of para-hydroxylation sites is 1. The molecule has 0 spiro atoms. The Balaban J connectivity index is 1.90. The van der Waals surface area contributed by atoms with Gasteiger partial charge >= 0.3 is 6.09 Å². The van der Waals surface area contributed by atoms with Crippen molar-refractivity contribution >= 4 is 23.3 Å². The number of hydrogen-bond acceptors (Lipinski definition) is 3. The van der Waals surface area contributed by atoms with Crippen LogP contribution in [0.3, 0.4) is 0 Å². The molecule has 0 unspecified atom stereocenters. The highest BCUT2D eigenvalue weighted by Crippen LogP contribution is 2.20. The lowest BCUT2D eigenvalue weighted by Crippen LogP contribution is -2.33. The number of alkyl carbamates (subject to hydrolysis) is 1. The van der Waals surface area contributed by atoms with E-state index in [0.29, 0.717) is 12.1 Å². The Bertz CT molecular complexity index is 668. The number of aromatic nitrogens is 1. The molecule has 0 atom stereocenters. The molecule has 0 aliphatic rings. The Kier molecular flexibility index (Phi) is 4.85. The number of fused-ring (bicyclic) bond motifs is 1. The van der Waals surface area contributed by atoms with Crippen molar-refractivity contribution in [3.8, 4) is 0 Å². The predicted octanol–water partition coefficient (Wildman–Crippen LogP) is 3.37. The minimum Gasteiger partial charge on any atom is -0.444 e. The summed E-state index contributed by atoms with van der Waals surface area (Å²) in [6.45, 7) is 6.75. The zero-order valence-corrected chi connectivity index (χ0v) is 13.3. The molecule has 1 amide bonds. The van der Waals surface area contributed by atoms with Crippen molar-refractivity contribution in [1.82, 2.24) is 9.88 Å². The molecule has 1 aromatic carbocycles. The summed E-state index contributed by atoms with van der Waals surface area (Å²) in [5.41, 5.74) is 1.23. The maximum atomic E-state index is 11.5. The highest BCUT2D eigenvalue weighted by Gasteiger charge is 2.15. The predicted molar refractivity (Wildman–Crippen MR) is 86.2 cm³/mol. The normalized spacial score (nSPS) is 11.4. The largest absolute Gasteiger partial charge is 0.444 e. The fourth-order valence-corrected chi connectivity index (χ4v) is 2.31. The standard InChI is InChI=1S/C17H22N2O3/c1-17(2,3)22-16(21)18-9-6-10-19-11-13(12-20)14-7-4-5-8-15(14)19/h4-5,7-8,11-12H,6,9-10H2,1-3H3,(H,18,21). The van der Waals surface area contributed by atoms with E-state index >= 15 is 0 Å². The summed E-state index contributed by atoms with van der Waals surface area (Å²) in [4.78, 5) is 22.6. The lowest BCUT2D eigenvalue weighted by molar-refractivity contribution is 0.0526. The molecule has 1 N–H and O–H groups in total. The van der Waals surface area contributed by atoms with Crippen LogP contribution in [0.5, 0.6) is 0 Å². The van der Waals surface area contributed by atoms with Crippen molar-refractivity contribution in [2.24, 2.45) is 0 Å². The highest BCUT2D eigenvalue weighted by molar-refractivity contribution is 5.97. The van der Waals surface area contributed by atoms with Gasteiger partial charge in [0.25, 0.3) is 0 Å². The van der Waals surface area contributed by atoms with Crippen LogP contribution in [0.1, 0.15) is 37.6 Å². The number of hydrogen-bond donors (Lipinski definition) is 1. The Hall–Kier alpha value is -2.30. The van der Waals surface area contributed by atoms with Crippen molar-refractivity contribution in [2.45, 2.75) is 39.3 Å². The van der Waals surface area contributed by atoms with Gasteiger partial charge < -0.3 is 14.6 Å². The second-order valence-corrected chi connectivity index (χ2v) is 6.20. The smallest absolute Gasteiger partial charge is 0.407 e. The molecule has 0 aliphatic heterocycles. The first kappa shape index (κ1) is 16.1. The molecule has 1 aromatic heterocycles. The van der Waals surface area contributed by atoms with Gasteiger partial charge in [0.2, 0.25) is 0 Å². The Labute approximate surface area is 130 Å². The van der Waals surface area contributed by atoms with Crippen molar-refractivity contribution in [3.63, 3.8) is 0 Å². The number of carbonyl (C=O) groups excluding carboxylic acids is 2. The van der Waals surface area contributed by atoms with Gasteiger partial charge in [0, 0.05) is 35.8 Å². The molecule has 0 bridgehead atoms. The zero-order chi connectivity index (χ0) is 16.2. The third-order valence-electron chi connectivity index (χ3n) is 3.19. The van der Waals surface area contributed by atoms with Gasteiger partial charge in [-0.1, -0.05) is 18.2 Å². The van der Waals surface area contributed by atoms with Crippen molar-refractivity contribution in [3.05, 3.63) is 36.0 Å². The van der Waals surface area contributed by atoms with Crippen LogP contribution in [0.4, 0.5) is 4.79 Å². The number of aryl methyl sites for hydroxylation is 1. The molecule has 0 radical (unpaired) electrons. The summed E-state index contributed by atoms with van der Waals surface area (Å²) in [7, 11) is 0. The van der Waals surface area contributed by atoms with Gasteiger partial charge in [0.15, 0.2) is 6.29 Å². The van der Waals surface area contributed by atoms with Gasteiger partial charge in [-0.3, -0.25) is 4.79 Å². The third-order valence-corrected chi connectivity index (χ3v) is 3.19. The molecule has 0 saturated carbocycles. The fourth-order valence-electron chi connectivity index (χ4n) is 2.31. The highest BCUT2D eigenvalue weighted by atomic mass is 16.6. The summed E-state index contributed by atoms with van der Waals surface area (Å²) in [6, 6.07) is 7.80. The second kappa shape index (κ2) is 6.64. The molecular formula is C17H22N2O3. The molecule has 0 saturated heterocycles. The average molecular weight is 302 g/mol. The number of carbonyl (C=O) groups is 2. The summed E-state index contributed by atoms with van der Waals surface area (Å²) < 4.78 is 7.22. The number of ether oxygens (including phenoxy) is 1. The molecule has 2 rings (SSSR count). The van der Waals surface area contributed by atoms with E-state index in [1.165, 1.54) is 0 Å². The van der Waals surface area contributed by atoms with Crippen molar-refractivity contribution < 1.29 is 14.3 Å². The van der Waals surface area contributed by atoms with Gasteiger partial charge in [0.05, 0.1) is 0 Å². The summed E-state index contributed by atoms with van der Waals surface area (Å²) in [5.74, 6) is 0. The topological polar surface area (TPSA) is 60.3 Å². The fraction of sp³-hybridized carbons (Fsp3) is 0.412. The van der Waals surface area contributed by atoms with Gasteiger partial charge in [-0.05, 0) is 33.3 Å². The van der Waals surface area contributed by atoms with Crippen LogP contribution in [0.25, 0.3) is 10.9 Å². The Morgan fingerprint density at radius 2 is 2.05 bits per heavy atom. The van der Waals surface area contributed by atoms with Crippen LogP contribution >= 0.6 is 0 Å². The molecular weight excluding hydrogens is 280 g/mol. The maximum absolute atomic E-state index is 11.5. The number of benzene rings is 1. The SMILES string of the molecule is CC(C)(C)OC(=O)NCCCn1cc(C=O)c2ccccc21. The number of rotatable bonds is 5. The summed E-state index contributed by atoms with van der Waals surface area (Å²) in [5, 5.41) is 3.69. The van der Waals surface area contributed by atoms with E-state index in [1.54, 1.807) is 0 Å². The first-order valence-corrected chi connectivity index (χ1v) is 7.40. The zero-order valence-electron chi connectivity index (χ0n) is 13.3. The van der Waals surface area contributed by atoms with Crippen LogP contribution < -0.4 is 5.32 Å². The van der Waals surface area contributed by atoms with Gasteiger partial charge in [0.1, 0.15) is 5.60 Å². The molecule has 5 nitrogen and oxygen atoms in total. The van der Waals surface area contributed by atoms with E-state index in [4.69, 9.17) is 4.74 Å². The van der Waals surface area contributed by atoms with Gasteiger partial charge in [-0.25, -0.2) is 4.79 Å². The number of aldehydes is 1. The molecule has 22 heavy (non-hydrogen) atoms. The number of nitrogens with one attached hydrogen (secondary N) is 1. The van der Waals surface area contributed by atoms with Crippen LogP contribution in [-0.4, -0.2) is 29.1 Å². The lowest BCUT2D eigenvalue weighted by Gasteiger charge is -2.19. The molecule has 0 fully saturated rings. The van der Waals surface area contributed by atoms with E-state index in [2.05, 4.69) is 5.32 Å². The monoisotopic (exact) mass is 302 g/mol. The van der Waals surface area contributed by atoms with Gasteiger partial charge in [-0.2, -0.15) is 0 Å². The first-order chi connectivity index (χ1) is 10.4. The third kappa shape index (κ3) is 4.10. The van der Waals surface area contributed by atoms with Crippen LogP contribution in [-0.2, 0) is 11.3 Å². The quantitative estimate of drug-likeness (QED) is 0.680. The summed E-state index contributed by atoms with van der Waals surface area (Å²) >= 11 is 0. The minimum atomic E-state index is -0.487. The van der Waals surface area contributed by atoms with Crippen LogP contribution in [0, 0.1) is 0 Å². The van der Waals surface area contributed by atoms with Crippen molar-refractivity contribution in [2.75, 3.05) is 6.54 Å². The second-order valence-electron chi connectivity index (χ2n) is 6.20. The van der Waals surface area contributed by atoms with Crippen molar-refractivity contribution in [1.29, 1.82) is 0 Å². The Morgan fingerprint density at radius 1 is 1.32 bits per heavy atom. The molecule has 118 valence electrons. The molecule has 2 aromatic rings. The van der Waals surface area contributed by atoms with Crippen LogP contribution in [0.2, 0.25) is 0 Å². The first-order valence-electron chi connectivity index (χ1n) is 7.40. The number of nitrogens with zero attached hydrogens (tertiary/aromatic N) is 1. The molecule has 5 heteroatoms. The van der Waals surface area contributed by atoms with Gasteiger partial charge in [-0.15, -0.1) is 0 Å². The Morgan fingerprint density at radius 3 is 2.73 bits per heavy atom. The average Bonchev–Trinajstić information content (AvgIpc) is 2.80. The molecule has 0 aliphatic carbocycles. The maximum Gasteiger partial charge on any atom is 0.407 e. The van der Waals surface area contributed by atoms with E-state index < -0.39 is 11.7 Å². The van der Waals surface area contributed by atoms with E-state index in [0.717, 1.165) is 30.2 Å². The van der Waals surface area contributed by atoms with Crippen LogP contribution in [0.15, 0.2) is 30.5 Å². The van der Waals surface area contributed by atoms with E-state index in [-0.39, 0.29) is 0 Å². The minimum absolute atomic E-state index is 0.404. The molecule has 1 heterocycles. The number of amides is 1. The summed E-state index contributed by atoms with van der Waals surface area (Å²) in [6.07, 6.45) is 3.08. The van der Waals surface area contributed by atoms with E-state index in [1.807, 2.05) is 55.8 Å². The lowest BCUT2D eigenvalue weighted by atomic mass is 10.2. The van der Waals surface area contributed by atoms with E-state index in [9.17, 15) is 9.59 Å².